The van der Waals surface area contributed by atoms with Gasteiger partial charge in [-0.15, -0.1) is 0 Å². The maximum Gasteiger partial charge on any atom is 0.271 e. The fourth-order valence-electron chi connectivity index (χ4n) is 2.40. The van der Waals surface area contributed by atoms with Crippen LogP contribution in [0.15, 0.2) is 41.0 Å². The molecule has 0 atom stereocenters. The minimum Gasteiger partial charge on any atom is -0.508 e. The van der Waals surface area contributed by atoms with Crippen LogP contribution in [0.3, 0.4) is 0 Å². The molecule has 0 heterocycles. The van der Waals surface area contributed by atoms with Gasteiger partial charge in [0.2, 0.25) is 0 Å². The quantitative estimate of drug-likeness (QED) is 0.617. The molecule has 4 heteroatoms. The average molecular weight is 286 g/mol. The second kappa shape index (κ2) is 7.62. The number of nitrogens with one attached hydrogen (secondary N) is 1. The SMILES string of the molecule is CCCCCC1=CCC/C1=N/NC(=O)c1ccc(O)cc1. The molecule has 1 aromatic carbocycles. The highest BCUT2D eigenvalue weighted by Gasteiger charge is 2.13. The largest absolute Gasteiger partial charge is 0.508 e. The van der Waals surface area contributed by atoms with Crippen molar-refractivity contribution in [2.75, 3.05) is 0 Å². The van der Waals surface area contributed by atoms with E-state index in [9.17, 15) is 9.90 Å². The Morgan fingerprint density at radius 1 is 1.29 bits per heavy atom. The minimum absolute atomic E-state index is 0.148. The Balaban J connectivity index is 1.92. The van der Waals surface area contributed by atoms with Crippen LogP contribution in [0.2, 0.25) is 0 Å². The van der Waals surface area contributed by atoms with Crippen molar-refractivity contribution in [1.29, 1.82) is 0 Å². The number of hydrazone groups is 1. The summed E-state index contributed by atoms with van der Waals surface area (Å²) in [6, 6.07) is 6.15. The van der Waals surface area contributed by atoms with Crippen LogP contribution >= 0.6 is 0 Å². The van der Waals surface area contributed by atoms with Crippen LogP contribution < -0.4 is 5.43 Å². The second-order valence-corrected chi connectivity index (χ2v) is 5.27. The Bertz CT molecular complexity index is 544. The summed E-state index contributed by atoms with van der Waals surface area (Å²) in [4.78, 5) is 12.0. The van der Waals surface area contributed by atoms with E-state index in [1.807, 2.05) is 0 Å². The second-order valence-electron chi connectivity index (χ2n) is 5.27. The highest BCUT2D eigenvalue weighted by atomic mass is 16.3. The number of phenols is 1. The van der Waals surface area contributed by atoms with Gasteiger partial charge in [0, 0.05) is 5.56 Å². The Labute approximate surface area is 125 Å². The van der Waals surface area contributed by atoms with Crippen LogP contribution in [0.5, 0.6) is 5.75 Å². The molecule has 0 saturated heterocycles. The first-order valence-electron chi connectivity index (χ1n) is 7.56. The van der Waals surface area contributed by atoms with Crippen molar-refractivity contribution >= 4 is 11.6 Å². The zero-order valence-corrected chi connectivity index (χ0v) is 12.4. The lowest BCUT2D eigenvalue weighted by Crippen LogP contribution is -2.19. The lowest BCUT2D eigenvalue weighted by Gasteiger charge is -2.06. The summed E-state index contributed by atoms with van der Waals surface area (Å²) in [6.07, 6.45) is 8.78. The maximum atomic E-state index is 12.0. The molecule has 0 unspecified atom stereocenters. The van der Waals surface area contributed by atoms with Crippen LogP contribution in [-0.4, -0.2) is 16.7 Å². The van der Waals surface area contributed by atoms with Crippen LogP contribution in [0.25, 0.3) is 0 Å². The fraction of sp³-hybridized carbons (Fsp3) is 0.412. The number of phenolic OH excluding ortho intramolecular Hbond substituents is 1. The average Bonchev–Trinajstić information content (AvgIpc) is 2.93. The van der Waals surface area contributed by atoms with Crippen molar-refractivity contribution in [3.05, 3.63) is 41.5 Å². The lowest BCUT2D eigenvalue weighted by atomic mass is 10.1. The van der Waals surface area contributed by atoms with Crippen molar-refractivity contribution in [3.63, 3.8) is 0 Å². The number of hydrogen-bond donors (Lipinski definition) is 2. The predicted octanol–water partition coefficient (Wildman–Crippen LogP) is 3.78. The molecule has 2 N–H and O–H groups in total. The van der Waals surface area contributed by atoms with E-state index in [0.717, 1.165) is 25.0 Å². The molecule has 0 bridgehead atoms. The smallest absolute Gasteiger partial charge is 0.271 e. The summed E-state index contributed by atoms with van der Waals surface area (Å²) in [5.41, 5.74) is 5.37. The predicted molar refractivity (Wildman–Crippen MR) is 84.5 cm³/mol. The summed E-state index contributed by atoms with van der Waals surface area (Å²) >= 11 is 0. The van der Waals surface area contributed by atoms with Gasteiger partial charge < -0.3 is 5.11 Å². The first-order valence-corrected chi connectivity index (χ1v) is 7.56. The third-order valence-corrected chi connectivity index (χ3v) is 3.61. The van der Waals surface area contributed by atoms with Crippen molar-refractivity contribution < 1.29 is 9.90 Å². The van der Waals surface area contributed by atoms with Gasteiger partial charge in [-0.05, 0) is 55.5 Å². The highest BCUT2D eigenvalue weighted by Crippen LogP contribution is 2.21. The molecule has 1 amide bonds. The van der Waals surface area contributed by atoms with E-state index < -0.39 is 0 Å². The number of carbonyl (C=O) groups is 1. The summed E-state index contributed by atoms with van der Waals surface area (Å²) in [6.45, 7) is 2.19. The molecular weight excluding hydrogens is 264 g/mol. The number of unbranched alkanes of at least 4 members (excludes halogenated alkanes) is 2. The number of allylic oxidation sites excluding steroid dienone is 2. The van der Waals surface area contributed by atoms with E-state index in [-0.39, 0.29) is 11.7 Å². The van der Waals surface area contributed by atoms with Gasteiger partial charge in [-0.3, -0.25) is 4.79 Å². The highest BCUT2D eigenvalue weighted by molar-refractivity contribution is 6.03. The monoisotopic (exact) mass is 286 g/mol. The van der Waals surface area contributed by atoms with Gasteiger partial charge in [0.1, 0.15) is 5.75 Å². The zero-order chi connectivity index (χ0) is 15.1. The summed E-state index contributed by atoms with van der Waals surface area (Å²) in [7, 11) is 0. The molecule has 1 aromatic rings. The Morgan fingerprint density at radius 2 is 2.05 bits per heavy atom. The van der Waals surface area contributed by atoms with Crippen molar-refractivity contribution in [2.45, 2.75) is 45.4 Å². The normalized spacial score (nSPS) is 16.0. The van der Waals surface area contributed by atoms with E-state index in [2.05, 4.69) is 23.5 Å². The summed E-state index contributed by atoms with van der Waals surface area (Å²) < 4.78 is 0. The van der Waals surface area contributed by atoms with Crippen molar-refractivity contribution in [3.8, 4) is 5.75 Å². The van der Waals surface area contributed by atoms with Gasteiger partial charge in [-0.25, -0.2) is 5.43 Å². The van der Waals surface area contributed by atoms with Gasteiger partial charge in [0.05, 0.1) is 5.71 Å². The molecular formula is C17H22N2O2. The molecule has 0 aliphatic heterocycles. The van der Waals surface area contributed by atoms with Gasteiger partial charge in [-0.2, -0.15) is 5.10 Å². The summed E-state index contributed by atoms with van der Waals surface area (Å²) in [5.74, 6) is -0.0999. The molecule has 0 spiro atoms. The van der Waals surface area contributed by atoms with E-state index >= 15 is 0 Å². The topological polar surface area (TPSA) is 61.7 Å². The fourth-order valence-corrected chi connectivity index (χ4v) is 2.40. The molecule has 21 heavy (non-hydrogen) atoms. The molecule has 0 aromatic heterocycles. The standard InChI is InChI=1S/C17H22N2O2/c1-2-3-4-6-13-7-5-8-16(13)18-19-17(21)14-9-11-15(20)12-10-14/h7,9-12,20H,2-6,8H2,1H3,(H,19,21)/b18-16-. The number of hydrogen-bond acceptors (Lipinski definition) is 3. The van der Waals surface area contributed by atoms with Gasteiger partial charge >= 0.3 is 0 Å². The first kappa shape index (κ1) is 15.3. The molecule has 2 rings (SSSR count). The number of aromatic hydroxyl groups is 1. The summed E-state index contributed by atoms with van der Waals surface area (Å²) in [5, 5.41) is 13.5. The number of amides is 1. The van der Waals surface area contributed by atoms with Crippen molar-refractivity contribution in [2.24, 2.45) is 5.10 Å². The van der Waals surface area contributed by atoms with Gasteiger partial charge in [0.15, 0.2) is 0 Å². The van der Waals surface area contributed by atoms with Gasteiger partial charge in [-0.1, -0.05) is 25.8 Å². The molecule has 1 aliphatic carbocycles. The van der Waals surface area contributed by atoms with E-state index in [1.165, 1.54) is 37.0 Å². The third kappa shape index (κ3) is 4.45. The lowest BCUT2D eigenvalue weighted by molar-refractivity contribution is 0.0955. The molecule has 0 fully saturated rings. The van der Waals surface area contributed by atoms with Gasteiger partial charge in [0.25, 0.3) is 5.91 Å². The van der Waals surface area contributed by atoms with E-state index in [4.69, 9.17) is 0 Å². The molecule has 0 radical (unpaired) electrons. The molecule has 112 valence electrons. The van der Waals surface area contributed by atoms with E-state index in [0.29, 0.717) is 5.56 Å². The maximum absolute atomic E-state index is 12.0. The minimum atomic E-state index is -0.248. The third-order valence-electron chi connectivity index (χ3n) is 3.61. The van der Waals surface area contributed by atoms with E-state index in [1.54, 1.807) is 12.1 Å². The first-order chi connectivity index (χ1) is 10.2. The molecule has 0 saturated carbocycles. The van der Waals surface area contributed by atoms with Crippen LogP contribution in [-0.2, 0) is 0 Å². The van der Waals surface area contributed by atoms with Crippen molar-refractivity contribution in [1.82, 2.24) is 5.43 Å². The number of carbonyl (C=O) groups excluding carboxylic acids is 1. The number of benzene rings is 1. The molecule has 4 nitrogen and oxygen atoms in total. The van der Waals surface area contributed by atoms with Crippen LogP contribution in [0, 0.1) is 0 Å². The van der Waals surface area contributed by atoms with Crippen LogP contribution in [0.4, 0.5) is 0 Å². The number of nitrogens with zero attached hydrogens (tertiary/aromatic N) is 1. The number of rotatable bonds is 6. The molecule has 1 aliphatic rings. The zero-order valence-electron chi connectivity index (χ0n) is 12.4. The Hall–Kier alpha value is -2.10. The Kier molecular flexibility index (Phi) is 5.55. The Morgan fingerprint density at radius 3 is 2.76 bits per heavy atom. The van der Waals surface area contributed by atoms with Crippen LogP contribution in [0.1, 0.15) is 55.8 Å².